The Kier molecular flexibility index (Phi) is 8.76. The minimum Gasteiger partial charge on any atom is -0.339 e. The summed E-state index contributed by atoms with van der Waals surface area (Å²) in [5.41, 5.74) is 2.59. The summed E-state index contributed by atoms with van der Waals surface area (Å²) in [7, 11) is -4.10. The van der Waals surface area contributed by atoms with Crippen molar-refractivity contribution in [3.05, 3.63) is 88.4 Å². The molecule has 2 amide bonds. The third-order valence-corrected chi connectivity index (χ3v) is 8.02. The standard InChI is InChI=1S/C27H30ClN3O4S/c1-5-30(6-2)27(33)23-9-7-8-10-25(23)29-26(32)18-31(21-14-13-20(4)24(28)17-21)36(34,35)22-15-11-19(3)12-16-22/h7-17H,5-6,18H2,1-4H3,(H,29,32). The van der Waals surface area contributed by atoms with E-state index in [1.165, 1.54) is 18.2 Å². The second-order valence-corrected chi connectivity index (χ2v) is 10.6. The van der Waals surface area contributed by atoms with Crippen molar-refractivity contribution >= 4 is 44.8 Å². The van der Waals surface area contributed by atoms with Crippen LogP contribution in [0, 0.1) is 13.8 Å². The van der Waals surface area contributed by atoms with Gasteiger partial charge in [-0.05, 0) is 69.7 Å². The van der Waals surface area contributed by atoms with Gasteiger partial charge in [0.15, 0.2) is 0 Å². The summed E-state index contributed by atoms with van der Waals surface area (Å²) in [5.74, 6) is -0.812. The maximum Gasteiger partial charge on any atom is 0.264 e. The van der Waals surface area contributed by atoms with Crippen LogP contribution in [0.2, 0.25) is 5.02 Å². The first-order valence-corrected chi connectivity index (χ1v) is 13.4. The van der Waals surface area contributed by atoms with Crippen molar-refractivity contribution in [2.75, 3.05) is 29.3 Å². The van der Waals surface area contributed by atoms with Gasteiger partial charge in [0, 0.05) is 18.1 Å². The molecule has 0 atom stereocenters. The lowest BCUT2D eigenvalue weighted by Crippen LogP contribution is -2.38. The van der Waals surface area contributed by atoms with Crippen LogP contribution >= 0.6 is 11.6 Å². The number of carbonyl (C=O) groups is 2. The summed E-state index contributed by atoms with van der Waals surface area (Å²) in [4.78, 5) is 27.8. The molecular weight excluding hydrogens is 498 g/mol. The van der Waals surface area contributed by atoms with Crippen molar-refractivity contribution in [3.63, 3.8) is 0 Å². The first kappa shape index (κ1) is 27.2. The molecule has 3 rings (SSSR count). The third kappa shape index (κ3) is 6.06. The van der Waals surface area contributed by atoms with Crippen molar-refractivity contribution in [1.82, 2.24) is 4.90 Å². The van der Waals surface area contributed by atoms with E-state index in [0.717, 1.165) is 15.4 Å². The van der Waals surface area contributed by atoms with Gasteiger partial charge in [0.1, 0.15) is 6.54 Å². The van der Waals surface area contributed by atoms with E-state index in [-0.39, 0.29) is 16.5 Å². The fourth-order valence-corrected chi connectivity index (χ4v) is 5.26. The smallest absolute Gasteiger partial charge is 0.264 e. The fraction of sp³-hybridized carbons (Fsp3) is 0.259. The van der Waals surface area contributed by atoms with E-state index in [1.807, 2.05) is 27.7 Å². The number of carbonyl (C=O) groups excluding carboxylic acids is 2. The lowest BCUT2D eigenvalue weighted by Gasteiger charge is -2.25. The Labute approximate surface area is 217 Å². The van der Waals surface area contributed by atoms with Gasteiger partial charge in [-0.15, -0.1) is 0 Å². The number of hydrogen-bond acceptors (Lipinski definition) is 4. The normalized spacial score (nSPS) is 11.1. The van der Waals surface area contributed by atoms with Crippen LogP contribution in [-0.2, 0) is 14.8 Å². The Morgan fingerprint density at radius 2 is 1.56 bits per heavy atom. The molecule has 7 nitrogen and oxygen atoms in total. The summed E-state index contributed by atoms with van der Waals surface area (Å²) in [6.45, 7) is 7.96. The van der Waals surface area contributed by atoms with Gasteiger partial charge in [0.05, 0.1) is 21.8 Å². The predicted octanol–water partition coefficient (Wildman–Crippen LogP) is 5.27. The zero-order valence-electron chi connectivity index (χ0n) is 20.8. The minimum absolute atomic E-state index is 0.0507. The molecule has 9 heteroatoms. The average Bonchev–Trinajstić information content (AvgIpc) is 2.85. The maximum atomic E-state index is 13.6. The molecule has 0 aliphatic heterocycles. The number of aryl methyl sites for hydroxylation is 2. The largest absolute Gasteiger partial charge is 0.339 e. The number of para-hydroxylation sites is 1. The predicted molar refractivity (Wildman–Crippen MR) is 144 cm³/mol. The molecule has 0 unspecified atom stereocenters. The van der Waals surface area contributed by atoms with E-state index in [2.05, 4.69) is 5.32 Å². The summed E-state index contributed by atoms with van der Waals surface area (Å²) in [6.07, 6.45) is 0. The van der Waals surface area contributed by atoms with Crippen LogP contribution in [0.4, 0.5) is 11.4 Å². The third-order valence-electron chi connectivity index (χ3n) is 5.82. The molecular formula is C27H30ClN3O4S. The Hall–Kier alpha value is -3.36. The zero-order valence-corrected chi connectivity index (χ0v) is 22.4. The van der Waals surface area contributed by atoms with Crippen molar-refractivity contribution < 1.29 is 18.0 Å². The van der Waals surface area contributed by atoms with Gasteiger partial charge in [0.2, 0.25) is 5.91 Å². The summed E-state index contributed by atoms with van der Waals surface area (Å²) in [5, 5.41) is 3.11. The van der Waals surface area contributed by atoms with E-state index in [1.54, 1.807) is 53.4 Å². The van der Waals surface area contributed by atoms with Crippen molar-refractivity contribution in [3.8, 4) is 0 Å². The van der Waals surface area contributed by atoms with Gasteiger partial charge in [-0.1, -0.05) is 47.5 Å². The Bertz CT molecular complexity index is 1350. The quantitative estimate of drug-likeness (QED) is 0.410. The highest BCUT2D eigenvalue weighted by Gasteiger charge is 2.28. The van der Waals surface area contributed by atoms with Crippen LogP contribution in [0.5, 0.6) is 0 Å². The van der Waals surface area contributed by atoms with Gasteiger partial charge in [-0.2, -0.15) is 0 Å². The molecule has 0 radical (unpaired) electrons. The molecule has 1 N–H and O–H groups in total. The Morgan fingerprint density at radius 3 is 2.17 bits per heavy atom. The number of halogens is 1. The second kappa shape index (κ2) is 11.6. The molecule has 190 valence electrons. The summed E-state index contributed by atoms with van der Waals surface area (Å²) >= 11 is 6.29. The molecule has 0 bridgehead atoms. The average molecular weight is 528 g/mol. The summed E-state index contributed by atoms with van der Waals surface area (Å²) in [6, 6.07) is 17.9. The van der Waals surface area contributed by atoms with E-state index < -0.39 is 22.5 Å². The molecule has 0 aliphatic carbocycles. The van der Waals surface area contributed by atoms with Crippen molar-refractivity contribution in [2.24, 2.45) is 0 Å². The van der Waals surface area contributed by atoms with Gasteiger partial charge >= 0.3 is 0 Å². The second-order valence-electron chi connectivity index (χ2n) is 8.33. The van der Waals surface area contributed by atoms with Gasteiger partial charge in [-0.25, -0.2) is 8.42 Å². The van der Waals surface area contributed by atoms with Crippen LogP contribution in [0.15, 0.2) is 71.6 Å². The number of rotatable bonds is 9. The number of nitrogens with one attached hydrogen (secondary N) is 1. The van der Waals surface area contributed by atoms with Gasteiger partial charge in [0.25, 0.3) is 15.9 Å². The molecule has 0 fully saturated rings. The van der Waals surface area contributed by atoms with Crippen molar-refractivity contribution in [1.29, 1.82) is 0 Å². The molecule has 36 heavy (non-hydrogen) atoms. The van der Waals surface area contributed by atoms with E-state index in [0.29, 0.717) is 29.4 Å². The maximum absolute atomic E-state index is 13.6. The molecule has 3 aromatic carbocycles. The molecule has 0 heterocycles. The number of anilines is 2. The lowest BCUT2D eigenvalue weighted by molar-refractivity contribution is -0.114. The van der Waals surface area contributed by atoms with Crippen LogP contribution in [0.1, 0.15) is 35.3 Å². The van der Waals surface area contributed by atoms with Crippen LogP contribution < -0.4 is 9.62 Å². The monoisotopic (exact) mass is 527 g/mol. The number of benzene rings is 3. The number of sulfonamides is 1. The van der Waals surface area contributed by atoms with Crippen molar-refractivity contribution in [2.45, 2.75) is 32.6 Å². The van der Waals surface area contributed by atoms with Crippen LogP contribution in [0.25, 0.3) is 0 Å². The number of hydrogen-bond donors (Lipinski definition) is 1. The van der Waals surface area contributed by atoms with E-state index in [9.17, 15) is 18.0 Å². The lowest BCUT2D eigenvalue weighted by atomic mass is 10.1. The highest BCUT2D eigenvalue weighted by atomic mass is 35.5. The SMILES string of the molecule is CCN(CC)C(=O)c1ccccc1NC(=O)CN(c1ccc(C)c(Cl)c1)S(=O)(=O)c1ccc(C)cc1. The first-order chi connectivity index (χ1) is 17.1. The van der Waals surface area contributed by atoms with Crippen LogP contribution in [0.3, 0.4) is 0 Å². The molecule has 0 aromatic heterocycles. The van der Waals surface area contributed by atoms with Gasteiger partial charge in [-0.3, -0.25) is 13.9 Å². The fourth-order valence-electron chi connectivity index (χ4n) is 3.67. The Morgan fingerprint density at radius 1 is 0.917 bits per heavy atom. The van der Waals surface area contributed by atoms with E-state index in [4.69, 9.17) is 11.6 Å². The molecule has 0 spiro atoms. The molecule has 0 saturated heterocycles. The molecule has 0 saturated carbocycles. The number of amides is 2. The molecule has 3 aromatic rings. The minimum atomic E-state index is -4.10. The number of nitrogens with zero attached hydrogens (tertiary/aromatic N) is 2. The topological polar surface area (TPSA) is 86.8 Å². The highest BCUT2D eigenvalue weighted by Crippen LogP contribution is 2.28. The highest BCUT2D eigenvalue weighted by molar-refractivity contribution is 7.92. The van der Waals surface area contributed by atoms with Gasteiger partial charge < -0.3 is 10.2 Å². The first-order valence-electron chi connectivity index (χ1n) is 11.6. The zero-order chi connectivity index (χ0) is 26.5. The van der Waals surface area contributed by atoms with Crippen LogP contribution in [-0.4, -0.2) is 44.8 Å². The molecule has 0 aliphatic rings. The summed E-state index contributed by atoms with van der Waals surface area (Å²) < 4.78 is 28.2. The van der Waals surface area contributed by atoms with E-state index >= 15 is 0 Å². The Balaban J connectivity index is 1.97.